The molecule has 0 aliphatic rings. The van der Waals surface area contributed by atoms with Gasteiger partial charge in [-0.15, -0.1) is 0 Å². The fourth-order valence-corrected chi connectivity index (χ4v) is 2.71. The second-order valence-electron chi connectivity index (χ2n) is 4.28. The van der Waals surface area contributed by atoms with Gasteiger partial charge in [-0.1, -0.05) is 41.9 Å². The van der Waals surface area contributed by atoms with Crippen molar-refractivity contribution < 1.29 is 13.3 Å². The number of nitrogens with one attached hydrogen (secondary N) is 1. The van der Waals surface area contributed by atoms with E-state index in [1.54, 1.807) is 30.3 Å². The first kappa shape index (κ1) is 16.0. The van der Waals surface area contributed by atoms with Gasteiger partial charge in [-0.05, 0) is 23.8 Å². The fourth-order valence-electron chi connectivity index (χ4n) is 1.66. The Bertz CT molecular complexity index is 820. The molecule has 0 radical (unpaired) electrons. The molecular weight excluding hydrogens is 328 g/mol. The number of halogens is 1. The van der Waals surface area contributed by atoms with Crippen LogP contribution in [0, 0.1) is 10.1 Å². The predicted molar refractivity (Wildman–Crippen MR) is 86.1 cm³/mol. The van der Waals surface area contributed by atoms with E-state index >= 15 is 0 Å². The Balaban J connectivity index is 2.26. The smallest absolute Gasteiger partial charge is 0.274 e. The molecule has 0 unspecified atom stereocenters. The van der Waals surface area contributed by atoms with E-state index in [1.165, 1.54) is 18.2 Å². The van der Waals surface area contributed by atoms with Gasteiger partial charge in [0, 0.05) is 11.1 Å². The number of rotatable bonds is 5. The highest BCUT2D eigenvalue weighted by Gasteiger charge is 2.18. The van der Waals surface area contributed by atoms with Crippen molar-refractivity contribution >= 4 is 39.1 Å². The van der Waals surface area contributed by atoms with Crippen molar-refractivity contribution in [2.75, 3.05) is 4.72 Å². The van der Waals surface area contributed by atoms with Crippen LogP contribution in [0.1, 0.15) is 5.56 Å². The van der Waals surface area contributed by atoms with Gasteiger partial charge in [-0.3, -0.25) is 14.8 Å². The summed E-state index contributed by atoms with van der Waals surface area (Å²) in [6, 6.07) is 12.5. The first-order valence-electron chi connectivity index (χ1n) is 6.07. The van der Waals surface area contributed by atoms with Crippen LogP contribution in [0.25, 0.3) is 6.08 Å². The van der Waals surface area contributed by atoms with Gasteiger partial charge in [0.2, 0.25) is 0 Å². The molecule has 2 rings (SSSR count). The van der Waals surface area contributed by atoms with Crippen molar-refractivity contribution in [1.82, 2.24) is 0 Å². The Morgan fingerprint density at radius 2 is 1.82 bits per heavy atom. The third kappa shape index (κ3) is 4.31. The maximum Gasteiger partial charge on any atom is 0.294 e. The van der Waals surface area contributed by atoms with Crippen LogP contribution in [0.3, 0.4) is 0 Å². The van der Waals surface area contributed by atoms with E-state index in [2.05, 4.69) is 4.72 Å². The SMILES string of the molecule is O=[N+]([O-])c1cc(Cl)ccc1NS(=O)(=O)/C=C/c1ccccc1. The van der Waals surface area contributed by atoms with Gasteiger partial charge >= 0.3 is 0 Å². The number of nitro groups is 1. The molecule has 0 aliphatic carbocycles. The summed E-state index contributed by atoms with van der Waals surface area (Å²) in [6.07, 6.45) is 1.39. The van der Waals surface area contributed by atoms with E-state index in [1.807, 2.05) is 0 Å². The summed E-state index contributed by atoms with van der Waals surface area (Å²) >= 11 is 5.68. The van der Waals surface area contributed by atoms with Crippen LogP contribution in [0.15, 0.2) is 53.9 Å². The molecule has 6 nitrogen and oxygen atoms in total. The molecule has 114 valence electrons. The monoisotopic (exact) mass is 338 g/mol. The van der Waals surface area contributed by atoms with Crippen LogP contribution in [0.4, 0.5) is 11.4 Å². The van der Waals surface area contributed by atoms with Crippen LogP contribution in [-0.4, -0.2) is 13.3 Å². The highest BCUT2D eigenvalue weighted by Crippen LogP contribution is 2.28. The lowest BCUT2D eigenvalue weighted by atomic mass is 10.2. The molecule has 0 spiro atoms. The maximum atomic E-state index is 12.0. The summed E-state index contributed by atoms with van der Waals surface area (Å²) in [5.74, 6) is 0. The Morgan fingerprint density at radius 3 is 2.45 bits per heavy atom. The number of benzene rings is 2. The molecule has 0 heterocycles. The summed E-state index contributed by atoms with van der Waals surface area (Å²) in [5.41, 5.74) is 0.134. The summed E-state index contributed by atoms with van der Waals surface area (Å²) in [4.78, 5) is 10.2. The van der Waals surface area contributed by atoms with Crippen molar-refractivity contribution in [3.8, 4) is 0 Å². The van der Waals surface area contributed by atoms with Crippen LogP contribution in [-0.2, 0) is 10.0 Å². The lowest BCUT2D eigenvalue weighted by molar-refractivity contribution is -0.383. The minimum Gasteiger partial charge on any atom is -0.274 e. The van der Waals surface area contributed by atoms with Crippen molar-refractivity contribution in [1.29, 1.82) is 0 Å². The van der Waals surface area contributed by atoms with E-state index in [-0.39, 0.29) is 10.7 Å². The zero-order valence-electron chi connectivity index (χ0n) is 11.1. The van der Waals surface area contributed by atoms with Gasteiger partial charge in [0.05, 0.1) is 10.3 Å². The Kier molecular flexibility index (Phi) is 4.79. The van der Waals surface area contributed by atoms with Crippen molar-refractivity contribution in [2.24, 2.45) is 0 Å². The first-order valence-corrected chi connectivity index (χ1v) is 8.00. The molecule has 8 heteroatoms. The third-order valence-electron chi connectivity index (χ3n) is 2.65. The standard InChI is InChI=1S/C14H11ClN2O4S/c15-12-6-7-13(14(10-12)17(18)19)16-22(20,21)9-8-11-4-2-1-3-5-11/h1-10,16H/b9-8+. The molecule has 0 saturated carbocycles. The zero-order valence-corrected chi connectivity index (χ0v) is 12.7. The molecule has 22 heavy (non-hydrogen) atoms. The van der Waals surface area contributed by atoms with Crippen molar-refractivity contribution in [3.05, 3.63) is 74.6 Å². The molecule has 1 N–H and O–H groups in total. The minimum atomic E-state index is -3.88. The topological polar surface area (TPSA) is 89.3 Å². The lowest BCUT2D eigenvalue weighted by Crippen LogP contribution is -2.10. The van der Waals surface area contributed by atoms with E-state index in [4.69, 9.17) is 11.6 Å². The summed E-state index contributed by atoms with van der Waals surface area (Å²) in [5, 5.41) is 12.0. The largest absolute Gasteiger partial charge is 0.294 e. The number of hydrogen-bond acceptors (Lipinski definition) is 4. The molecule has 2 aromatic rings. The molecule has 2 aromatic carbocycles. The first-order chi connectivity index (χ1) is 10.4. The quantitative estimate of drug-likeness (QED) is 0.665. The van der Waals surface area contributed by atoms with Gasteiger partial charge in [0.25, 0.3) is 15.7 Å². The Labute approximate surface area is 132 Å². The van der Waals surface area contributed by atoms with Crippen LogP contribution >= 0.6 is 11.6 Å². The molecule has 0 saturated heterocycles. The Hall–Kier alpha value is -2.38. The average molecular weight is 339 g/mol. The van der Waals surface area contributed by atoms with E-state index in [9.17, 15) is 18.5 Å². The van der Waals surface area contributed by atoms with Gasteiger partial charge in [-0.25, -0.2) is 8.42 Å². The normalized spacial score (nSPS) is 11.5. The van der Waals surface area contributed by atoms with Gasteiger partial charge in [0.1, 0.15) is 5.69 Å². The van der Waals surface area contributed by atoms with Crippen molar-refractivity contribution in [2.45, 2.75) is 0 Å². The molecule has 0 fully saturated rings. The number of nitrogens with zero attached hydrogens (tertiary/aromatic N) is 1. The lowest BCUT2D eigenvalue weighted by Gasteiger charge is -2.05. The van der Waals surface area contributed by atoms with Gasteiger partial charge < -0.3 is 0 Å². The Morgan fingerprint density at radius 1 is 1.14 bits per heavy atom. The van der Waals surface area contributed by atoms with E-state index in [0.29, 0.717) is 5.56 Å². The maximum absolute atomic E-state index is 12.0. The predicted octanol–water partition coefficient (Wildman–Crippen LogP) is 3.66. The van der Waals surface area contributed by atoms with Crippen LogP contribution in [0.2, 0.25) is 5.02 Å². The molecule has 0 bridgehead atoms. The third-order valence-corrected chi connectivity index (χ3v) is 3.88. The number of hydrogen-bond donors (Lipinski definition) is 1. The number of nitro benzene ring substituents is 1. The number of anilines is 1. The molecule has 0 aliphatic heterocycles. The van der Waals surface area contributed by atoms with Gasteiger partial charge in [0.15, 0.2) is 0 Å². The highest BCUT2D eigenvalue weighted by molar-refractivity contribution is 7.95. The summed E-state index contributed by atoms with van der Waals surface area (Å²) in [7, 11) is -3.88. The summed E-state index contributed by atoms with van der Waals surface area (Å²) in [6.45, 7) is 0. The molecule has 0 atom stereocenters. The minimum absolute atomic E-state index is 0.146. The van der Waals surface area contributed by atoms with Crippen molar-refractivity contribution in [3.63, 3.8) is 0 Å². The van der Waals surface area contributed by atoms with E-state index < -0.39 is 20.6 Å². The molecular formula is C14H11ClN2O4S. The average Bonchev–Trinajstić information content (AvgIpc) is 2.48. The van der Waals surface area contributed by atoms with Crippen LogP contribution in [0.5, 0.6) is 0 Å². The second kappa shape index (κ2) is 6.59. The highest BCUT2D eigenvalue weighted by atomic mass is 35.5. The summed E-state index contributed by atoms with van der Waals surface area (Å²) < 4.78 is 26.1. The zero-order chi connectivity index (χ0) is 16.2. The number of sulfonamides is 1. The van der Waals surface area contributed by atoms with Crippen LogP contribution < -0.4 is 4.72 Å². The fraction of sp³-hybridized carbons (Fsp3) is 0. The molecule has 0 aromatic heterocycles. The van der Waals surface area contributed by atoms with E-state index in [0.717, 1.165) is 11.5 Å². The van der Waals surface area contributed by atoms with Gasteiger partial charge in [-0.2, -0.15) is 0 Å². The molecule has 0 amide bonds. The second-order valence-corrected chi connectivity index (χ2v) is 6.28.